The van der Waals surface area contributed by atoms with E-state index in [0.29, 0.717) is 30.2 Å². The molecule has 0 aliphatic heterocycles. The van der Waals surface area contributed by atoms with E-state index in [4.69, 9.17) is 9.15 Å². The molecule has 3 rings (SSSR count). The molecule has 0 radical (unpaired) electrons. The molecule has 0 amide bonds. The first kappa shape index (κ1) is 20.9. The first-order valence-electron chi connectivity index (χ1n) is 8.06. The molecule has 0 aliphatic carbocycles. The predicted octanol–water partition coefficient (Wildman–Crippen LogP) is 5.69. The topological polar surface area (TPSA) is 34.4 Å². The van der Waals surface area contributed by atoms with E-state index in [9.17, 15) is 13.2 Å². The molecule has 7 heteroatoms. The summed E-state index contributed by atoms with van der Waals surface area (Å²) in [7, 11) is 1.62. The smallest absolute Gasteiger partial charge is 0.416 e. The molecule has 0 atom stereocenters. The molecule has 3 nitrogen and oxygen atoms in total. The Bertz CT molecular complexity index is 877. The van der Waals surface area contributed by atoms with Crippen molar-refractivity contribution in [3.63, 3.8) is 0 Å². The van der Waals surface area contributed by atoms with Crippen molar-refractivity contribution in [3.05, 3.63) is 77.6 Å². The van der Waals surface area contributed by atoms with Gasteiger partial charge in [0.15, 0.2) is 0 Å². The van der Waals surface area contributed by atoms with Crippen LogP contribution in [0.2, 0.25) is 0 Å². The summed E-state index contributed by atoms with van der Waals surface area (Å²) in [5, 5.41) is 3.24. The molecule has 144 valence electrons. The summed E-state index contributed by atoms with van der Waals surface area (Å²) >= 11 is 0. The third kappa shape index (κ3) is 5.28. The van der Waals surface area contributed by atoms with Gasteiger partial charge in [0.2, 0.25) is 0 Å². The fourth-order valence-corrected chi connectivity index (χ4v) is 2.65. The lowest BCUT2D eigenvalue weighted by atomic mass is 10.1. The van der Waals surface area contributed by atoms with Crippen LogP contribution in [-0.2, 0) is 19.3 Å². The van der Waals surface area contributed by atoms with Gasteiger partial charge in [-0.2, -0.15) is 13.2 Å². The van der Waals surface area contributed by atoms with Crippen LogP contribution in [0.1, 0.15) is 16.9 Å². The molecule has 0 saturated heterocycles. The van der Waals surface area contributed by atoms with E-state index in [1.54, 1.807) is 25.3 Å². The van der Waals surface area contributed by atoms with Crippen LogP contribution in [0.25, 0.3) is 11.3 Å². The standard InChI is InChI=1S/C20H18F3NO2.ClH/c1-25-18-8-3-2-5-15(18)12-24-13-17-9-10-19(26-17)14-6-4-7-16(11-14)20(21,22)23;/h2-11,24H,12-13H2,1H3;1H. The molecule has 1 aromatic heterocycles. The number of nitrogens with one attached hydrogen (secondary N) is 1. The first-order chi connectivity index (χ1) is 12.5. The van der Waals surface area contributed by atoms with Gasteiger partial charge in [-0.3, -0.25) is 0 Å². The number of furan rings is 1. The number of rotatable bonds is 6. The molecule has 0 unspecified atom stereocenters. The molecular weight excluding hydrogens is 379 g/mol. The van der Waals surface area contributed by atoms with Crippen LogP contribution in [0.4, 0.5) is 13.2 Å². The third-order valence-corrected chi connectivity index (χ3v) is 3.94. The summed E-state index contributed by atoms with van der Waals surface area (Å²) < 4.78 is 49.4. The average molecular weight is 398 g/mol. The minimum Gasteiger partial charge on any atom is -0.496 e. The van der Waals surface area contributed by atoms with Gasteiger partial charge in [-0.05, 0) is 30.3 Å². The van der Waals surface area contributed by atoms with E-state index in [-0.39, 0.29) is 12.4 Å². The first-order valence-corrected chi connectivity index (χ1v) is 8.06. The second-order valence-electron chi connectivity index (χ2n) is 5.76. The van der Waals surface area contributed by atoms with Crippen molar-refractivity contribution in [2.24, 2.45) is 0 Å². The van der Waals surface area contributed by atoms with E-state index in [1.807, 2.05) is 24.3 Å². The maximum Gasteiger partial charge on any atom is 0.416 e. The van der Waals surface area contributed by atoms with Gasteiger partial charge in [0.1, 0.15) is 17.3 Å². The quantitative estimate of drug-likeness (QED) is 0.580. The van der Waals surface area contributed by atoms with Gasteiger partial charge in [-0.1, -0.05) is 30.3 Å². The number of halogens is 4. The highest BCUT2D eigenvalue weighted by Crippen LogP contribution is 2.32. The van der Waals surface area contributed by atoms with Gasteiger partial charge in [0.05, 0.1) is 19.2 Å². The Morgan fingerprint density at radius 3 is 2.48 bits per heavy atom. The maximum atomic E-state index is 12.8. The van der Waals surface area contributed by atoms with Crippen molar-refractivity contribution in [1.82, 2.24) is 5.32 Å². The Hall–Kier alpha value is -2.44. The van der Waals surface area contributed by atoms with Crippen molar-refractivity contribution >= 4 is 12.4 Å². The largest absolute Gasteiger partial charge is 0.496 e. The lowest BCUT2D eigenvalue weighted by Gasteiger charge is -2.08. The van der Waals surface area contributed by atoms with Crippen LogP contribution in [0.5, 0.6) is 5.75 Å². The monoisotopic (exact) mass is 397 g/mol. The van der Waals surface area contributed by atoms with Gasteiger partial charge in [-0.15, -0.1) is 12.4 Å². The zero-order chi connectivity index (χ0) is 18.6. The third-order valence-electron chi connectivity index (χ3n) is 3.94. The van der Waals surface area contributed by atoms with Gasteiger partial charge in [-0.25, -0.2) is 0 Å². The molecule has 0 spiro atoms. The normalized spacial score (nSPS) is 11.1. The fraction of sp³-hybridized carbons (Fsp3) is 0.200. The lowest BCUT2D eigenvalue weighted by molar-refractivity contribution is -0.137. The molecule has 0 fully saturated rings. The number of methoxy groups -OCH3 is 1. The minimum absolute atomic E-state index is 0. The van der Waals surface area contributed by atoms with Crippen LogP contribution < -0.4 is 10.1 Å². The zero-order valence-corrected chi connectivity index (χ0v) is 15.4. The van der Waals surface area contributed by atoms with E-state index < -0.39 is 11.7 Å². The minimum atomic E-state index is -4.37. The van der Waals surface area contributed by atoms with Crippen molar-refractivity contribution in [3.8, 4) is 17.1 Å². The highest BCUT2D eigenvalue weighted by molar-refractivity contribution is 5.85. The maximum absolute atomic E-state index is 12.8. The number of para-hydroxylation sites is 1. The lowest BCUT2D eigenvalue weighted by Crippen LogP contribution is -2.12. The Balaban J connectivity index is 0.00000261. The molecule has 2 aromatic carbocycles. The predicted molar refractivity (Wildman–Crippen MR) is 99.9 cm³/mol. The Morgan fingerprint density at radius 1 is 0.963 bits per heavy atom. The second kappa shape index (κ2) is 8.97. The molecule has 3 aromatic rings. The van der Waals surface area contributed by atoms with Gasteiger partial charge < -0.3 is 14.5 Å². The molecular formula is C20H19ClF3NO2. The molecule has 0 bridgehead atoms. The number of alkyl halides is 3. The van der Waals surface area contributed by atoms with E-state index in [0.717, 1.165) is 23.4 Å². The summed E-state index contributed by atoms with van der Waals surface area (Å²) in [6, 6.07) is 16.2. The number of hydrogen-bond acceptors (Lipinski definition) is 3. The Kier molecular flexibility index (Phi) is 6.93. The molecule has 0 saturated carbocycles. The highest BCUT2D eigenvalue weighted by Gasteiger charge is 2.30. The summed E-state index contributed by atoms with van der Waals surface area (Å²) in [6.45, 7) is 1.04. The van der Waals surface area contributed by atoms with Gasteiger partial charge in [0, 0.05) is 17.7 Å². The molecule has 0 aliphatic rings. The van der Waals surface area contributed by atoms with Gasteiger partial charge >= 0.3 is 6.18 Å². The Labute approximate surface area is 161 Å². The number of hydrogen-bond donors (Lipinski definition) is 1. The van der Waals surface area contributed by atoms with Crippen LogP contribution >= 0.6 is 12.4 Å². The number of ether oxygens (including phenoxy) is 1. The molecule has 1 heterocycles. The van der Waals surface area contributed by atoms with Crippen molar-refractivity contribution in [2.75, 3.05) is 7.11 Å². The van der Waals surface area contributed by atoms with Crippen molar-refractivity contribution in [1.29, 1.82) is 0 Å². The summed E-state index contributed by atoms with van der Waals surface area (Å²) in [4.78, 5) is 0. The van der Waals surface area contributed by atoms with E-state index in [1.165, 1.54) is 6.07 Å². The van der Waals surface area contributed by atoms with Crippen LogP contribution in [0.3, 0.4) is 0 Å². The SMILES string of the molecule is COc1ccccc1CNCc1ccc(-c2cccc(C(F)(F)F)c2)o1.Cl. The molecule has 1 N–H and O–H groups in total. The van der Waals surface area contributed by atoms with E-state index >= 15 is 0 Å². The van der Waals surface area contributed by atoms with Crippen LogP contribution in [0.15, 0.2) is 65.1 Å². The van der Waals surface area contributed by atoms with Crippen molar-refractivity contribution in [2.45, 2.75) is 19.3 Å². The summed E-state index contributed by atoms with van der Waals surface area (Å²) in [5.74, 6) is 1.85. The van der Waals surface area contributed by atoms with Crippen LogP contribution in [-0.4, -0.2) is 7.11 Å². The summed E-state index contributed by atoms with van der Waals surface area (Å²) in [5.41, 5.74) is 0.720. The van der Waals surface area contributed by atoms with E-state index in [2.05, 4.69) is 5.32 Å². The molecule has 27 heavy (non-hydrogen) atoms. The number of benzene rings is 2. The van der Waals surface area contributed by atoms with Crippen LogP contribution in [0, 0.1) is 0 Å². The average Bonchev–Trinajstić information content (AvgIpc) is 3.10. The second-order valence-corrected chi connectivity index (χ2v) is 5.76. The van der Waals surface area contributed by atoms with Crippen molar-refractivity contribution < 1.29 is 22.3 Å². The summed E-state index contributed by atoms with van der Waals surface area (Å²) in [6.07, 6.45) is -4.37. The highest BCUT2D eigenvalue weighted by atomic mass is 35.5. The van der Waals surface area contributed by atoms with Gasteiger partial charge in [0.25, 0.3) is 0 Å². The Morgan fingerprint density at radius 2 is 1.74 bits per heavy atom. The zero-order valence-electron chi connectivity index (χ0n) is 14.5. The fourth-order valence-electron chi connectivity index (χ4n) is 2.65.